The summed E-state index contributed by atoms with van der Waals surface area (Å²) in [5.41, 5.74) is 5.70. The van der Waals surface area contributed by atoms with E-state index in [1.165, 1.54) is 0 Å². The number of carbonyl (C=O) groups excluding carboxylic acids is 1. The molecule has 9 heteroatoms. The standard InChI is InChI=1S/C37H40N4O5/c1-25(38-45)31-17-9-15-29(19-31)23-40-33(21-27-11-5-3-6-12-27)35(42)36(43)34(22-28-13-7-4-8-14-28)41(37(40)44)24-30-16-10-18-32(20-30)26(2)39-46/h3-20,33-36,42-43,45-46H,21-24H2,1-2H3/b38-25+,39-26+/t33-,34-,35+,36+/m1/s1. The molecule has 1 aliphatic heterocycles. The summed E-state index contributed by atoms with van der Waals surface area (Å²) in [6.45, 7) is 3.69. The number of aliphatic hydroxyl groups excluding tert-OH is 2. The highest BCUT2D eigenvalue weighted by atomic mass is 16.4. The Morgan fingerprint density at radius 2 is 0.957 bits per heavy atom. The molecule has 1 aliphatic rings. The predicted octanol–water partition coefficient (Wildman–Crippen LogP) is 5.47. The van der Waals surface area contributed by atoms with Gasteiger partial charge >= 0.3 is 6.03 Å². The van der Waals surface area contributed by atoms with Crippen LogP contribution in [0.1, 0.15) is 47.2 Å². The van der Waals surface area contributed by atoms with Gasteiger partial charge in [0.15, 0.2) is 0 Å². The van der Waals surface area contributed by atoms with Gasteiger partial charge in [-0.3, -0.25) is 0 Å². The fraction of sp³-hybridized carbons (Fsp3) is 0.270. The zero-order valence-electron chi connectivity index (χ0n) is 26.0. The first-order chi connectivity index (χ1) is 22.3. The predicted molar refractivity (Wildman–Crippen MR) is 177 cm³/mol. The summed E-state index contributed by atoms with van der Waals surface area (Å²) in [5.74, 6) is 0. The van der Waals surface area contributed by atoms with Crippen molar-refractivity contribution in [1.29, 1.82) is 0 Å². The molecule has 0 saturated carbocycles. The fourth-order valence-electron chi connectivity index (χ4n) is 6.11. The van der Waals surface area contributed by atoms with Gasteiger partial charge in [0.05, 0.1) is 23.5 Å². The zero-order chi connectivity index (χ0) is 32.6. The van der Waals surface area contributed by atoms with Crippen LogP contribution in [0.4, 0.5) is 4.79 Å². The summed E-state index contributed by atoms with van der Waals surface area (Å²) < 4.78 is 0. The highest BCUT2D eigenvalue weighted by Gasteiger charge is 2.46. The summed E-state index contributed by atoms with van der Waals surface area (Å²) in [6.07, 6.45) is -1.87. The second-order valence-corrected chi connectivity index (χ2v) is 11.8. The van der Waals surface area contributed by atoms with Crippen LogP contribution in [-0.4, -0.2) is 72.2 Å². The van der Waals surface area contributed by atoms with Crippen molar-refractivity contribution in [3.63, 3.8) is 0 Å². The highest BCUT2D eigenvalue weighted by molar-refractivity contribution is 5.98. The second kappa shape index (κ2) is 14.9. The van der Waals surface area contributed by atoms with E-state index in [9.17, 15) is 25.4 Å². The first kappa shape index (κ1) is 32.4. The van der Waals surface area contributed by atoms with Gasteiger partial charge in [-0.25, -0.2) is 4.79 Å². The third-order valence-corrected chi connectivity index (χ3v) is 8.70. The van der Waals surface area contributed by atoms with Crippen LogP contribution in [0, 0.1) is 0 Å². The number of nitrogens with zero attached hydrogens (tertiary/aromatic N) is 4. The SMILES string of the molecule is C/C(=N\O)c1cccc(CN2C(=O)N(Cc3cccc(/C(C)=N/O)c3)[C@H](Cc3ccccc3)[C@H](O)[C@@H](O)[C@H]2Cc2ccccc2)c1. The van der Waals surface area contributed by atoms with Gasteiger partial charge in [0.2, 0.25) is 0 Å². The first-order valence-electron chi connectivity index (χ1n) is 15.4. The second-order valence-electron chi connectivity index (χ2n) is 11.8. The third-order valence-electron chi connectivity index (χ3n) is 8.70. The van der Waals surface area contributed by atoms with Crippen molar-refractivity contribution in [3.8, 4) is 0 Å². The number of urea groups is 1. The molecule has 4 N–H and O–H groups in total. The van der Waals surface area contributed by atoms with Crippen molar-refractivity contribution in [2.24, 2.45) is 10.3 Å². The Bertz CT molecular complexity index is 1550. The normalized spacial score (nSPS) is 20.9. The molecular weight excluding hydrogens is 580 g/mol. The third kappa shape index (κ3) is 7.44. The smallest absolute Gasteiger partial charge is 0.321 e. The number of aliphatic hydroxyl groups is 2. The van der Waals surface area contributed by atoms with Crippen LogP contribution >= 0.6 is 0 Å². The average Bonchev–Trinajstić information content (AvgIpc) is 3.15. The lowest BCUT2D eigenvalue weighted by Gasteiger charge is -2.36. The molecule has 0 aromatic heterocycles. The molecule has 0 spiro atoms. The van der Waals surface area contributed by atoms with Crippen LogP contribution in [0.2, 0.25) is 0 Å². The number of hydrogen-bond acceptors (Lipinski definition) is 7. The molecule has 2 amide bonds. The minimum atomic E-state index is -1.26. The van der Waals surface area contributed by atoms with Gasteiger partial charge < -0.3 is 30.4 Å². The molecular formula is C37H40N4O5. The maximum absolute atomic E-state index is 14.9. The summed E-state index contributed by atoms with van der Waals surface area (Å²) in [5, 5.41) is 49.3. The average molecular weight is 621 g/mol. The van der Waals surface area contributed by atoms with Crippen molar-refractivity contribution >= 4 is 17.5 Å². The number of hydrogen-bond donors (Lipinski definition) is 4. The Kier molecular flexibility index (Phi) is 10.5. The summed E-state index contributed by atoms with van der Waals surface area (Å²) in [7, 11) is 0. The van der Waals surface area contributed by atoms with Gasteiger partial charge in [-0.1, -0.05) is 107 Å². The maximum Gasteiger partial charge on any atom is 0.321 e. The molecule has 1 fully saturated rings. The summed E-state index contributed by atoms with van der Waals surface area (Å²) >= 11 is 0. The number of rotatable bonds is 10. The monoisotopic (exact) mass is 620 g/mol. The molecule has 1 saturated heterocycles. The molecule has 0 unspecified atom stereocenters. The van der Waals surface area contributed by atoms with Crippen molar-refractivity contribution < 1.29 is 25.4 Å². The Hall–Kier alpha value is -4.99. The molecule has 1 heterocycles. The van der Waals surface area contributed by atoms with E-state index in [1.807, 2.05) is 109 Å². The minimum Gasteiger partial charge on any atom is -0.411 e. The van der Waals surface area contributed by atoms with Crippen LogP contribution < -0.4 is 0 Å². The van der Waals surface area contributed by atoms with Gasteiger partial charge in [-0.2, -0.15) is 0 Å². The largest absolute Gasteiger partial charge is 0.411 e. The van der Waals surface area contributed by atoms with E-state index in [0.717, 1.165) is 22.3 Å². The van der Waals surface area contributed by atoms with E-state index >= 15 is 0 Å². The van der Waals surface area contributed by atoms with Crippen LogP contribution in [0.15, 0.2) is 120 Å². The lowest BCUT2D eigenvalue weighted by molar-refractivity contribution is -0.0408. The van der Waals surface area contributed by atoms with Crippen LogP contribution in [0.3, 0.4) is 0 Å². The Morgan fingerprint density at radius 3 is 1.33 bits per heavy atom. The highest BCUT2D eigenvalue weighted by Crippen LogP contribution is 2.30. The topological polar surface area (TPSA) is 129 Å². The molecule has 4 atom stereocenters. The number of benzene rings is 4. The van der Waals surface area contributed by atoms with E-state index in [2.05, 4.69) is 10.3 Å². The van der Waals surface area contributed by atoms with Crippen molar-refractivity contribution in [1.82, 2.24) is 9.80 Å². The van der Waals surface area contributed by atoms with E-state index in [4.69, 9.17) is 0 Å². The van der Waals surface area contributed by atoms with Crippen molar-refractivity contribution in [2.45, 2.75) is 64.1 Å². The van der Waals surface area contributed by atoms with E-state index in [-0.39, 0.29) is 19.1 Å². The number of oxime groups is 2. The lowest BCUT2D eigenvalue weighted by atomic mass is 9.90. The molecule has 238 valence electrons. The first-order valence-corrected chi connectivity index (χ1v) is 15.4. The van der Waals surface area contributed by atoms with Gasteiger partial charge in [-0.15, -0.1) is 0 Å². The maximum atomic E-state index is 14.9. The molecule has 5 rings (SSSR count). The number of amides is 2. The minimum absolute atomic E-state index is 0.150. The van der Waals surface area contributed by atoms with Gasteiger partial charge in [0.25, 0.3) is 0 Å². The summed E-state index contributed by atoms with van der Waals surface area (Å²) in [4.78, 5) is 18.2. The van der Waals surface area contributed by atoms with Gasteiger partial charge in [-0.05, 0) is 72.2 Å². The quantitative estimate of drug-likeness (QED) is 0.106. The van der Waals surface area contributed by atoms with Crippen LogP contribution in [-0.2, 0) is 25.9 Å². The molecule has 0 aliphatic carbocycles. The van der Waals surface area contributed by atoms with Crippen molar-refractivity contribution in [2.75, 3.05) is 0 Å². The molecule has 4 aromatic carbocycles. The van der Waals surface area contributed by atoms with E-state index < -0.39 is 24.3 Å². The van der Waals surface area contributed by atoms with Gasteiger partial charge in [0.1, 0.15) is 12.2 Å². The molecule has 0 radical (unpaired) electrons. The Balaban J connectivity index is 1.61. The van der Waals surface area contributed by atoms with E-state index in [0.29, 0.717) is 35.4 Å². The molecule has 46 heavy (non-hydrogen) atoms. The molecule has 0 bridgehead atoms. The zero-order valence-corrected chi connectivity index (χ0v) is 26.0. The Morgan fingerprint density at radius 1 is 0.587 bits per heavy atom. The van der Waals surface area contributed by atoms with Crippen molar-refractivity contribution in [3.05, 3.63) is 143 Å². The molecule has 9 nitrogen and oxygen atoms in total. The fourth-order valence-corrected chi connectivity index (χ4v) is 6.11. The van der Waals surface area contributed by atoms with Crippen LogP contribution in [0.25, 0.3) is 0 Å². The van der Waals surface area contributed by atoms with Gasteiger partial charge in [0, 0.05) is 13.1 Å². The lowest BCUT2D eigenvalue weighted by Crippen LogP contribution is -2.50. The number of carbonyl (C=O) groups is 1. The molecule has 4 aromatic rings. The summed E-state index contributed by atoms with van der Waals surface area (Å²) in [6, 6.07) is 32.3. The van der Waals surface area contributed by atoms with Crippen LogP contribution in [0.5, 0.6) is 0 Å². The Labute approximate surface area is 269 Å². The van der Waals surface area contributed by atoms with E-state index in [1.54, 1.807) is 23.6 Å².